The van der Waals surface area contributed by atoms with Crippen LogP contribution in [0.4, 0.5) is 5.69 Å². The highest BCUT2D eigenvalue weighted by Gasteiger charge is 2.09. The Hall–Kier alpha value is -2.82. The lowest BCUT2D eigenvalue weighted by molar-refractivity contribution is -0.114. The zero-order chi connectivity index (χ0) is 15.4. The molecule has 0 aromatic heterocycles. The van der Waals surface area contributed by atoms with Gasteiger partial charge in [0.05, 0.1) is 18.4 Å². The van der Waals surface area contributed by atoms with Crippen LogP contribution in [0, 0.1) is 0 Å². The number of ether oxygens (including phenoxy) is 1. The summed E-state index contributed by atoms with van der Waals surface area (Å²) in [4.78, 5) is 22.1. The summed E-state index contributed by atoms with van der Waals surface area (Å²) in [6.45, 7) is 1.42. The van der Waals surface area contributed by atoms with Gasteiger partial charge >= 0.3 is 5.97 Å². The molecule has 21 heavy (non-hydrogen) atoms. The number of nitrogens with one attached hydrogen (secondary N) is 1. The van der Waals surface area contributed by atoms with Gasteiger partial charge in [0.2, 0.25) is 5.91 Å². The molecule has 0 fully saturated rings. The summed E-state index contributed by atoms with van der Waals surface area (Å²) in [6.07, 6.45) is 0. The Morgan fingerprint density at radius 2 is 1.81 bits per heavy atom. The zero-order valence-electron chi connectivity index (χ0n) is 11.7. The van der Waals surface area contributed by atoms with Gasteiger partial charge in [0.25, 0.3) is 0 Å². The van der Waals surface area contributed by atoms with Gasteiger partial charge in [0, 0.05) is 6.92 Å². The monoisotopic (exact) mass is 285 g/mol. The van der Waals surface area contributed by atoms with E-state index in [-0.39, 0.29) is 11.5 Å². The fraction of sp³-hybridized carbons (Fsp3) is 0.125. The Morgan fingerprint density at radius 1 is 1.10 bits per heavy atom. The Kier molecular flexibility index (Phi) is 4.23. The van der Waals surface area contributed by atoms with Gasteiger partial charge < -0.3 is 15.2 Å². The van der Waals surface area contributed by atoms with Crippen molar-refractivity contribution >= 4 is 17.6 Å². The minimum absolute atomic E-state index is 0.186. The predicted molar refractivity (Wildman–Crippen MR) is 79.7 cm³/mol. The molecule has 2 aromatic rings. The van der Waals surface area contributed by atoms with Crippen molar-refractivity contribution in [3.8, 4) is 16.9 Å². The molecule has 0 bridgehead atoms. The van der Waals surface area contributed by atoms with Crippen LogP contribution in [0.2, 0.25) is 0 Å². The fourth-order valence-corrected chi connectivity index (χ4v) is 2.00. The van der Waals surface area contributed by atoms with Gasteiger partial charge in [-0.3, -0.25) is 4.79 Å². The van der Waals surface area contributed by atoms with Crippen LogP contribution < -0.4 is 10.1 Å². The summed E-state index contributed by atoms with van der Waals surface area (Å²) in [5.74, 6) is -0.643. The van der Waals surface area contributed by atoms with Gasteiger partial charge in [-0.25, -0.2) is 4.79 Å². The van der Waals surface area contributed by atoms with Crippen molar-refractivity contribution in [3.05, 3.63) is 48.0 Å². The largest absolute Gasteiger partial charge is 0.495 e. The average molecular weight is 285 g/mol. The number of hydrogen-bond acceptors (Lipinski definition) is 3. The summed E-state index contributed by atoms with van der Waals surface area (Å²) in [7, 11) is 1.51. The molecule has 5 heteroatoms. The molecule has 1 amide bonds. The van der Waals surface area contributed by atoms with E-state index in [0.29, 0.717) is 11.4 Å². The van der Waals surface area contributed by atoms with E-state index in [1.54, 1.807) is 30.3 Å². The Bertz CT molecular complexity index is 694. The van der Waals surface area contributed by atoms with Crippen LogP contribution in [0.3, 0.4) is 0 Å². The van der Waals surface area contributed by atoms with Gasteiger partial charge in [-0.1, -0.05) is 18.2 Å². The van der Waals surface area contributed by atoms with E-state index in [1.165, 1.54) is 20.1 Å². The van der Waals surface area contributed by atoms with E-state index in [0.717, 1.165) is 11.1 Å². The quantitative estimate of drug-likeness (QED) is 0.905. The fourth-order valence-electron chi connectivity index (χ4n) is 2.00. The maximum Gasteiger partial charge on any atom is 0.335 e. The number of carbonyl (C=O) groups excluding carboxylic acids is 1. The summed E-state index contributed by atoms with van der Waals surface area (Å²) in [5, 5.41) is 11.7. The second-order valence-electron chi connectivity index (χ2n) is 4.48. The number of benzene rings is 2. The molecule has 2 N–H and O–H groups in total. The first-order chi connectivity index (χ1) is 10.0. The lowest BCUT2D eigenvalue weighted by Gasteiger charge is -2.11. The number of aromatic carboxylic acids is 1. The third kappa shape index (κ3) is 3.39. The number of anilines is 1. The summed E-state index contributed by atoms with van der Waals surface area (Å²) in [6, 6.07) is 11.9. The molecule has 0 aliphatic carbocycles. The smallest absolute Gasteiger partial charge is 0.335 e. The van der Waals surface area contributed by atoms with Gasteiger partial charge in [-0.05, 0) is 35.4 Å². The van der Waals surface area contributed by atoms with Gasteiger partial charge in [0.1, 0.15) is 5.75 Å². The van der Waals surface area contributed by atoms with Crippen molar-refractivity contribution in [2.24, 2.45) is 0 Å². The van der Waals surface area contributed by atoms with Crippen molar-refractivity contribution in [2.45, 2.75) is 6.92 Å². The van der Waals surface area contributed by atoms with Crippen LogP contribution in [-0.2, 0) is 4.79 Å². The highest BCUT2D eigenvalue weighted by molar-refractivity contribution is 5.92. The van der Waals surface area contributed by atoms with Crippen molar-refractivity contribution in [1.82, 2.24) is 0 Å². The third-order valence-corrected chi connectivity index (χ3v) is 2.96. The van der Waals surface area contributed by atoms with E-state index in [2.05, 4.69) is 5.32 Å². The number of methoxy groups -OCH3 is 1. The molecular formula is C16H15NO4. The number of carboxylic acids is 1. The molecular weight excluding hydrogens is 270 g/mol. The number of carbonyl (C=O) groups is 2. The first-order valence-corrected chi connectivity index (χ1v) is 6.30. The highest BCUT2D eigenvalue weighted by atomic mass is 16.5. The lowest BCUT2D eigenvalue weighted by Crippen LogP contribution is -2.07. The minimum Gasteiger partial charge on any atom is -0.495 e. The van der Waals surface area contributed by atoms with Crippen molar-refractivity contribution in [3.63, 3.8) is 0 Å². The molecule has 0 unspecified atom stereocenters. The van der Waals surface area contributed by atoms with Crippen LogP contribution >= 0.6 is 0 Å². The molecule has 0 atom stereocenters. The van der Waals surface area contributed by atoms with E-state index in [1.807, 2.05) is 6.07 Å². The number of amides is 1. The van der Waals surface area contributed by atoms with Crippen LogP contribution in [0.15, 0.2) is 42.5 Å². The number of rotatable bonds is 4. The molecule has 0 radical (unpaired) electrons. The number of hydrogen-bond donors (Lipinski definition) is 2. The Morgan fingerprint density at radius 3 is 2.43 bits per heavy atom. The standard InChI is InChI=1S/C16H15NO4/c1-10(18)17-14-7-6-12(9-15(14)21-2)11-4-3-5-13(8-11)16(19)20/h3-9H,1-2H3,(H,17,18)(H,19,20). The first kappa shape index (κ1) is 14.6. The Labute approximate surface area is 122 Å². The predicted octanol–water partition coefficient (Wildman–Crippen LogP) is 3.02. The molecule has 2 rings (SSSR count). The summed E-state index contributed by atoms with van der Waals surface area (Å²) < 4.78 is 5.26. The van der Waals surface area contributed by atoms with E-state index < -0.39 is 5.97 Å². The van der Waals surface area contributed by atoms with Gasteiger partial charge in [-0.15, -0.1) is 0 Å². The molecule has 0 saturated heterocycles. The summed E-state index contributed by atoms with van der Waals surface area (Å²) >= 11 is 0. The van der Waals surface area contributed by atoms with Crippen LogP contribution in [0.1, 0.15) is 17.3 Å². The second-order valence-corrected chi connectivity index (χ2v) is 4.48. The van der Waals surface area contributed by atoms with Crippen molar-refractivity contribution in [1.29, 1.82) is 0 Å². The van der Waals surface area contributed by atoms with Crippen LogP contribution in [0.25, 0.3) is 11.1 Å². The van der Waals surface area contributed by atoms with Crippen molar-refractivity contribution in [2.75, 3.05) is 12.4 Å². The van der Waals surface area contributed by atoms with Gasteiger partial charge in [0.15, 0.2) is 0 Å². The highest BCUT2D eigenvalue weighted by Crippen LogP contribution is 2.31. The third-order valence-electron chi connectivity index (χ3n) is 2.96. The van der Waals surface area contributed by atoms with Crippen molar-refractivity contribution < 1.29 is 19.4 Å². The van der Waals surface area contributed by atoms with Crippen LogP contribution in [0.5, 0.6) is 5.75 Å². The zero-order valence-corrected chi connectivity index (χ0v) is 11.7. The van der Waals surface area contributed by atoms with Gasteiger partial charge in [-0.2, -0.15) is 0 Å². The normalized spacial score (nSPS) is 10.0. The summed E-state index contributed by atoms with van der Waals surface area (Å²) in [5.41, 5.74) is 2.37. The maximum atomic E-state index is 11.1. The minimum atomic E-state index is -0.973. The topological polar surface area (TPSA) is 75.6 Å². The SMILES string of the molecule is COc1cc(-c2cccc(C(=O)O)c2)ccc1NC(C)=O. The number of carboxylic acid groups (broad SMARTS) is 1. The van der Waals surface area contributed by atoms with E-state index in [9.17, 15) is 9.59 Å². The Balaban J connectivity index is 2.43. The molecule has 0 heterocycles. The maximum absolute atomic E-state index is 11.1. The second kappa shape index (κ2) is 6.09. The molecule has 0 aliphatic rings. The molecule has 0 saturated carbocycles. The average Bonchev–Trinajstić information content (AvgIpc) is 2.47. The van der Waals surface area contributed by atoms with E-state index in [4.69, 9.17) is 9.84 Å². The van der Waals surface area contributed by atoms with Crippen LogP contribution in [-0.4, -0.2) is 24.1 Å². The molecule has 2 aromatic carbocycles. The van der Waals surface area contributed by atoms with E-state index >= 15 is 0 Å². The molecule has 108 valence electrons. The molecule has 5 nitrogen and oxygen atoms in total. The molecule has 0 aliphatic heterocycles. The first-order valence-electron chi connectivity index (χ1n) is 6.30. The lowest BCUT2D eigenvalue weighted by atomic mass is 10.0. The molecule has 0 spiro atoms.